The van der Waals surface area contributed by atoms with Crippen LogP contribution in [0.3, 0.4) is 0 Å². The first-order valence-corrected chi connectivity index (χ1v) is 10.7. The maximum absolute atomic E-state index is 12.9. The third-order valence-corrected chi connectivity index (χ3v) is 6.30. The van der Waals surface area contributed by atoms with Gasteiger partial charge in [-0.1, -0.05) is 24.3 Å². The Morgan fingerprint density at radius 1 is 1.03 bits per heavy atom. The van der Waals surface area contributed by atoms with Crippen molar-refractivity contribution in [2.45, 2.75) is 51.5 Å². The number of hydrogen-bond acceptors (Lipinski definition) is 3. The van der Waals surface area contributed by atoms with Crippen molar-refractivity contribution in [1.29, 1.82) is 0 Å². The molecule has 1 amide bonds. The van der Waals surface area contributed by atoms with Crippen LogP contribution in [-0.4, -0.2) is 21.5 Å². The first-order valence-electron chi connectivity index (χ1n) is 10.7. The molecule has 1 atom stereocenters. The van der Waals surface area contributed by atoms with Gasteiger partial charge >= 0.3 is 0 Å². The Morgan fingerprint density at radius 3 is 2.67 bits per heavy atom. The summed E-state index contributed by atoms with van der Waals surface area (Å²) in [6, 6.07) is 15.9. The van der Waals surface area contributed by atoms with Crippen molar-refractivity contribution in [3.63, 3.8) is 0 Å². The van der Waals surface area contributed by atoms with Crippen molar-refractivity contribution < 1.29 is 9.59 Å². The van der Waals surface area contributed by atoms with E-state index in [9.17, 15) is 9.59 Å². The molecule has 1 N–H and O–H groups in total. The average Bonchev–Trinajstić information content (AvgIpc) is 3.12. The van der Waals surface area contributed by atoms with E-state index >= 15 is 0 Å². The van der Waals surface area contributed by atoms with Crippen LogP contribution in [0.4, 0.5) is 0 Å². The van der Waals surface area contributed by atoms with E-state index < -0.39 is 0 Å². The molecule has 0 bridgehead atoms. The molecule has 2 aromatic carbocycles. The third-order valence-electron chi connectivity index (χ3n) is 6.30. The van der Waals surface area contributed by atoms with Crippen molar-refractivity contribution in [3.05, 3.63) is 82.2 Å². The van der Waals surface area contributed by atoms with Crippen molar-refractivity contribution in [2.75, 3.05) is 0 Å². The lowest BCUT2D eigenvalue weighted by molar-refractivity contribution is 0.0931. The van der Waals surface area contributed by atoms with Crippen LogP contribution >= 0.6 is 0 Å². The van der Waals surface area contributed by atoms with E-state index in [0.717, 1.165) is 54.7 Å². The number of Topliss-reactive ketones (excluding diaryl/α,β-unsaturated/α-hetero) is 1. The summed E-state index contributed by atoms with van der Waals surface area (Å²) in [4.78, 5) is 25.1. The van der Waals surface area contributed by atoms with Crippen LogP contribution in [0.5, 0.6) is 0 Å². The number of aromatic nitrogens is 2. The van der Waals surface area contributed by atoms with Gasteiger partial charge in [0.1, 0.15) is 0 Å². The lowest BCUT2D eigenvalue weighted by atomic mass is 9.87. The predicted octanol–water partition coefficient (Wildman–Crippen LogP) is 4.51. The van der Waals surface area contributed by atoms with E-state index in [1.165, 1.54) is 11.1 Å². The summed E-state index contributed by atoms with van der Waals surface area (Å²) in [5.74, 6) is 0.126. The van der Waals surface area contributed by atoms with Crippen LogP contribution in [0, 0.1) is 6.92 Å². The fourth-order valence-corrected chi connectivity index (χ4v) is 4.82. The Morgan fingerprint density at radius 2 is 1.83 bits per heavy atom. The lowest BCUT2D eigenvalue weighted by Crippen LogP contribution is -2.30. The molecule has 152 valence electrons. The first kappa shape index (κ1) is 18.8. The van der Waals surface area contributed by atoms with Gasteiger partial charge in [-0.3, -0.25) is 9.59 Å². The smallest absolute Gasteiger partial charge is 0.251 e. The number of carbonyl (C=O) groups is 2. The third kappa shape index (κ3) is 3.24. The molecule has 0 saturated carbocycles. The highest BCUT2D eigenvalue weighted by molar-refractivity contribution is 5.99. The van der Waals surface area contributed by atoms with Crippen molar-refractivity contribution >= 4 is 11.7 Å². The van der Waals surface area contributed by atoms with E-state index in [4.69, 9.17) is 0 Å². The van der Waals surface area contributed by atoms with Gasteiger partial charge < -0.3 is 5.32 Å². The molecule has 1 heterocycles. The molecule has 5 nitrogen and oxygen atoms in total. The minimum Gasteiger partial charge on any atom is -0.345 e. The fourth-order valence-electron chi connectivity index (χ4n) is 4.82. The van der Waals surface area contributed by atoms with E-state index in [2.05, 4.69) is 28.6 Å². The number of carbonyl (C=O) groups excluding carboxylic acids is 2. The Balaban J connectivity index is 1.37. The van der Waals surface area contributed by atoms with Gasteiger partial charge in [0.2, 0.25) is 0 Å². The first-order chi connectivity index (χ1) is 14.6. The molecule has 2 aliphatic carbocycles. The largest absolute Gasteiger partial charge is 0.345 e. The monoisotopic (exact) mass is 399 g/mol. The maximum Gasteiger partial charge on any atom is 0.251 e. The number of benzene rings is 2. The summed E-state index contributed by atoms with van der Waals surface area (Å²) < 4.78 is 1.86. The molecule has 0 saturated heterocycles. The van der Waals surface area contributed by atoms with E-state index in [1.54, 1.807) is 0 Å². The standard InChI is InChI=1S/C25H25N3O2/c1-16-24-22(10-5-11-23(24)29)28(27-16)19-14-12-18(13-15-19)25(30)26-21-9-4-7-17-6-2-3-8-20(17)21/h2-3,6,8,12-15,21H,4-5,7,9-11H2,1H3,(H,26,30). The summed E-state index contributed by atoms with van der Waals surface area (Å²) in [6.45, 7) is 1.89. The number of hydrogen-bond donors (Lipinski definition) is 1. The van der Waals surface area contributed by atoms with Gasteiger partial charge in [-0.05, 0) is 74.4 Å². The number of nitrogens with one attached hydrogen (secondary N) is 1. The fraction of sp³-hybridized carbons (Fsp3) is 0.320. The second kappa shape index (κ2) is 7.56. The van der Waals surface area contributed by atoms with E-state index in [1.807, 2.05) is 41.9 Å². The maximum atomic E-state index is 12.9. The number of ketones is 1. The molecule has 0 fully saturated rings. The number of aryl methyl sites for hydroxylation is 2. The zero-order chi connectivity index (χ0) is 20.7. The molecule has 30 heavy (non-hydrogen) atoms. The zero-order valence-corrected chi connectivity index (χ0v) is 17.1. The minimum absolute atomic E-state index is 0.0582. The number of nitrogens with zero attached hydrogens (tertiary/aromatic N) is 2. The van der Waals surface area contributed by atoms with Crippen LogP contribution in [-0.2, 0) is 12.8 Å². The molecule has 3 aromatic rings. The molecule has 5 heteroatoms. The van der Waals surface area contributed by atoms with Crippen LogP contribution in [0.15, 0.2) is 48.5 Å². The molecule has 0 radical (unpaired) electrons. The van der Waals surface area contributed by atoms with Crippen LogP contribution in [0.2, 0.25) is 0 Å². The Bertz CT molecular complexity index is 1130. The second-order valence-corrected chi connectivity index (χ2v) is 8.26. The summed E-state index contributed by atoms with van der Waals surface area (Å²) in [5, 5.41) is 7.81. The van der Waals surface area contributed by atoms with Gasteiger partial charge in [-0.2, -0.15) is 5.10 Å². The summed E-state index contributed by atoms with van der Waals surface area (Å²) >= 11 is 0. The van der Waals surface area contributed by atoms with Gasteiger partial charge in [0.05, 0.1) is 28.7 Å². The Labute approximate surface area is 176 Å². The Hall–Kier alpha value is -3.21. The lowest BCUT2D eigenvalue weighted by Gasteiger charge is -2.26. The van der Waals surface area contributed by atoms with Crippen LogP contribution < -0.4 is 5.32 Å². The van der Waals surface area contributed by atoms with Crippen LogP contribution in [0.25, 0.3) is 5.69 Å². The van der Waals surface area contributed by atoms with Gasteiger partial charge in [-0.15, -0.1) is 0 Å². The molecule has 1 unspecified atom stereocenters. The SMILES string of the molecule is Cc1nn(-c2ccc(C(=O)NC3CCCc4ccccc43)cc2)c2c1C(=O)CCC2. The molecule has 0 spiro atoms. The van der Waals surface area contributed by atoms with Crippen molar-refractivity contribution in [3.8, 4) is 5.69 Å². The Kier molecular flexibility index (Phi) is 4.74. The van der Waals surface area contributed by atoms with E-state index in [0.29, 0.717) is 12.0 Å². The summed E-state index contributed by atoms with van der Waals surface area (Å²) in [5.41, 5.74) is 6.63. The highest BCUT2D eigenvalue weighted by atomic mass is 16.1. The highest BCUT2D eigenvalue weighted by Gasteiger charge is 2.26. The second-order valence-electron chi connectivity index (χ2n) is 8.26. The van der Waals surface area contributed by atoms with Gasteiger partial charge in [0.25, 0.3) is 5.91 Å². The van der Waals surface area contributed by atoms with Gasteiger partial charge in [-0.25, -0.2) is 4.68 Å². The quantitative estimate of drug-likeness (QED) is 0.705. The normalized spacial score (nSPS) is 17.9. The molecule has 5 rings (SSSR count). The minimum atomic E-state index is -0.0582. The highest BCUT2D eigenvalue weighted by Crippen LogP contribution is 2.30. The summed E-state index contributed by atoms with van der Waals surface area (Å²) in [6.07, 6.45) is 5.44. The van der Waals surface area contributed by atoms with Crippen LogP contribution in [0.1, 0.15) is 75.0 Å². The topological polar surface area (TPSA) is 64.0 Å². The predicted molar refractivity (Wildman–Crippen MR) is 115 cm³/mol. The van der Waals surface area contributed by atoms with E-state index in [-0.39, 0.29) is 17.7 Å². The molecule has 1 aromatic heterocycles. The molecule has 2 aliphatic rings. The van der Waals surface area contributed by atoms with Gasteiger partial charge in [0, 0.05) is 12.0 Å². The number of fused-ring (bicyclic) bond motifs is 2. The van der Waals surface area contributed by atoms with Gasteiger partial charge in [0.15, 0.2) is 5.78 Å². The molecular formula is C25H25N3O2. The summed E-state index contributed by atoms with van der Waals surface area (Å²) in [7, 11) is 0. The number of rotatable bonds is 3. The zero-order valence-electron chi connectivity index (χ0n) is 17.1. The molecule has 0 aliphatic heterocycles. The average molecular weight is 399 g/mol. The number of amides is 1. The van der Waals surface area contributed by atoms with Crippen molar-refractivity contribution in [2.24, 2.45) is 0 Å². The molecular weight excluding hydrogens is 374 g/mol. The van der Waals surface area contributed by atoms with Crippen molar-refractivity contribution in [1.82, 2.24) is 15.1 Å².